The fraction of sp³-hybridized carbons (Fsp3) is 0.389. The summed E-state index contributed by atoms with van der Waals surface area (Å²) in [5, 5.41) is 9.03. The molecule has 2 heterocycles. The quantitative estimate of drug-likeness (QED) is 0.833. The Hall–Kier alpha value is -2.68. The highest BCUT2D eigenvalue weighted by atomic mass is 32.2. The maximum absolute atomic E-state index is 11.5. The van der Waals surface area contributed by atoms with E-state index in [1.807, 2.05) is 0 Å². The van der Waals surface area contributed by atoms with Crippen molar-refractivity contribution in [1.29, 1.82) is 0 Å². The van der Waals surface area contributed by atoms with Gasteiger partial charge < -0.3 is 14.7 Å². The Bertz CT molecular complexity index is 907. The second-order valence-electron chi connectivity index (χ2n) is 6.53. The van der Waals surface area contributed by atoms with Crippen LogP contribution in [0, 0.1) is 0 Å². The monoisotopic (exact) mass is 391 g/mol. The molecule has 3 rings (SSSR count). The molecule has 0 atom stereocenters. The van der Waals surface area contributed by atoms with Crippen molar-refractivity contribution in [1.82, 2.24) is 14.9 Å². The number of carbonyl (C=O) groups is 1. The predicted octanol–water partition coefficient (Wildman–Crippen LogP) is 2.32. The van der Waals surface area contributed by atoms with E-state index in [-0.39, 0.29) is 17.4 Å². The Labute approximate surface area is 157 Å². The first-order valence-electron chi connectivity index (χ1n) is 8.54. The number of hydrogen-bond acceptors (Lipinski definition) is 6. The van der Waals surface area contributed by atoms with Gasteiger partial charge >= 0.3 is 6.09 Å². The van der Waals surface area contributed by atoms with Gasteiger partial charge in [0.2, 0.25) is 5.88 Å². The number of rotatable bonds is 5. The lowest BCUT2D eigenvalue weighted by Crippen LogP contribution is -2.36. The first kappa shape index (κ1) is 19.1. The highest BCUT2D eigenvalue weighted by molar-refractivity contribution is 7.90. The molecule has 0 saturated carbocycles. The molecule has 0 unspecified atom stereocenters. The molecule has 1 aromatic heterocycles. The van der Waals surface area contributed by atoms with Gasteiger partial charge in [0.05, 0.1) is 10.6 Å². The van der Waals surface area contributed by atoms with Gasteiger partial charge in [-0.2, -0.15) is 0 Å². The Morgan fingerprint density at radius 1 is 1.22 bits per heavy atom. The minimum atomic E-state index is -3.22. The van der Waals surface area contributed by atoms with Gasteiger partial charge in [0.15, 0.2) is 9.84 Å². The lowest BCUT2D eigenvalue weighted by atomic mass is 9.93. The summed E-state index contributed by atoms with van der Waals surface area (Å²) in [5.41, 5.74) is 1.68. The van der Waals surface area contributed by atoms with Crippen molar-refractivity contribution in [3.63, 3.8) is 0 Å². The van der Waals surface area contributed by atoms with Gasteiger partial charge in [-0.25, -0.2) is 23.2 Å². The summed E-state index contributed by atoms with van der Waals surface area (Å²) in [6, 6.07) is 8.30. The Morgan fingerprint density at radius 2 is 1.89 bits per heavy atom. The van der Waals surface area contributed by atoms with Crippen molar-refractivity contribution in [2.75, 3.05) is 19.3 Å². The fourth-order valence-electron chi connectivity index (χ4n) is 3.01. The molecule has 1 aliphatic rings. The molecule has 0 radical (unpaired) electrons. The van der Waals surface area contributed by atoms with E-state index in [0.717, 1.165) is 24.1 Å². The largest absolute Gasteiger partial charge is 0.473 e. The van der Waals surface area contributed by atoms with E-state index < -0.39 is 15.9 Å². The van der Waals surface area contributed by atoms with Crippen molar-refractivity contribution in [2.45, 2.75) is 30.3 Å². The van der Waals surface area contributed by atoms with Gasteiger partial charge in [-0.15, -0.1) is 0 Å². The number of ether oxygens (including phenoxy) is 1. The SMILES string of the molecule is CS(=O)(=O)c1ccc(COc2cc(C3CCN(C(=O)O)CC3)ncn2)cc1. The van der Waals surface area contributed by atoms with Crippen molar-refractivity contribution < 1.29 is 23.1 Å². The zero-order chi connectivity index (χ0) is 19.4. The second-order valence-corrected chi connectivity index (χ2v) is 8.55. The van der Waals surface area contributed by atoms with Gasteiger partial charge in [0, 0.05) is 31.3 Å². The van der Waals surface area contributed by atoms with Crippen LogP contribution in [0.3, 0.4) is 0 Å². The van der Waals surface area contributed by atoms with Crippen LogP contribution in [0.25, 0.3) is 0 Å². The summed E-state index contributed by atoms with van der Waals surface area (Å²) in [6.45, 7) is 1.25. The first-order valence-corrected chi connectivity index (χ1v) is 10.4. The van der Waals surface area contributed by atoms with Crippen molar-refractivity contribution >= 4 is 15.9 Å². The van der Waals surface area contributed by atoms with E-state index in [9.17, 15) is 13.2 Å². The van der Waals surface area contributed by atoms with Gasteiger partial charge in [0.1, 0.15) is 12.9 Å². The van der Waals surface area contributed by atoms with Gasteiger partial charge in [-0.3, -0.25) is 0 Å². The lowest BCUT2D eigenvalue weighted by Gasteiger charge is -2.29. The molecule has 27 heavy (non-hydrogen) atoms. The third-order valence-electron chi connectivity index (χ3n) is 4.59. The third kappa shape index (κ3) is 4.94. The van der Waals surface area contributed by atoms with Crippen LogP contribution < -0.4 is 4.74 Å². The molecule has 8 nitrogen and oxygen atoms in total. The summed E-state index contributed by atoms with van der Waals surface area (Å²) in [5.74, 6) is 0.618. The van der Waals surface area contributed by atoms with Crippen LogP contribution in [0.15, 0.2) is 41.6 Å². The molecule has 1 aromatic carbocycles. The number of hydrogen-bond donors (Lipinski definition) is 1. The number of amides is 1. The van der Waals surface area contributed by atoms with Crippen LogP contribution in [0.2, 0.25) is 0 Å². The minimum absolute atomic E-state index is 0.181. The summed E-state index contributed by atoms with van der Waals surface area (Å²) in [4.78, 5) is 21.1. The Balaban J connectivity index is 1.60. The maximum atomic E-state index is 11.5. The second kappa shape index (κ2) is 7.91. The zero-order valence-electron chi connectivity index (χ0n) is 14.9. The fourth-order valence-corrected chi connectivity index (χ4v) is 3.64. The number of likely N-dealkylation sites (tertiary alicyclic amines) is 1. The molecule has 0 bridgehead atoms. The van der Waals surface area contributed by atoms with E-state index >= 15 is 0 Å². The Morgan fingerprint density at radius 3 is 2.48 bits per heavy atom. The van der Waals surface area contributed by atoms with Crippen LogP contribution in [0.1, 0.15) is 30.0 Å². The number of aromatic nitrogens is 2. The van der Waals surface area contributed by atoms with E-state index in [4.69, 9.17) is 9.84 Å². The van der Waals surface area contributed by atoms with E-state index in [2.05, 4.69) is 9.97 Å². The van der Waals surface area contributed by atoms with Crippen LogP contribution in [-0.4, -0.2) is 53.8 Å². The summed E-state index contributed by atoms with van der Waals surface area (Å²) < 4.78 is 28.7. The Kier molecular flexibility index (Phi) is 5.59. The zero-order valence-corrected chi connectivity index (χ0v) is 15.7. The topological polar surface area (TPSA) is 110 Å². The lowest BCUT2D eigenvalue weighted by molar-refractivity contribution is 0.131. The average molecular weight is 391 g/mol. The molecule has 144 valence electrons. The molecule has 1 saturated heterocycles. The van der Waals surface area contributed by atoms with E-state index in [0.29, 0.717) is 19.0 Å². The van der Waals surface area contributed by atoms with E-state index in [1.54, 1.807) is 30.3 Å². The van der Waals surface area contributed by atoms with Crippen molar-refractivity contribution in [2.24, 2.45) is 0 Å². The van der Waals surface area contributed by atoms with Gasteiger partial charge in [0.25, 0.3) is 0 Å². The van der Waals surface area contributed by atoms with Crippen LogP contribution in [-0.2, 0) is 16.4 Å². The summed E-state index contributed by atoms with van der Waals surface area (Å²) in [6.07, 6.45) is 3.16. The molecule has 1 amide bonds. The van der Waals surface area contributed by atoms with Crippen LogP contribution >= 0.6 is 0 Å². The molecule has 9 heteroatoms. The van der Waals surface area contributed by atoms with Gasteiger partial charge in [-0.05, 0) is 30.5 Å². The molecule has 0 aliphatic carbocycles. The number of benzene rings is 1. The predicted molar refractivity (Wildman–Crippen MR) is 97.5 cm³/mol. The average Bonchev–Trinajstić information content (AvgIpc) is 2.66. The highest BCUT2D eigenvalue weighted by Crippen LogP contribution is 2.28. The molecule has 1 N–H and O–H groups in total. The number of carboxylic acid groups (broad SMARTS) is 1. The normalized spacial score (nSPS) is 15.5. The number of nitrogens with zero attached hydrogens (tertiary/aromatic N) is 3. The standard InChI is InChI=1S/C18H21N3O5S/c1-27(24,25)15-4-2-13(3-5-15)11-26-17-10-16(19-12-20-17)14-6-8-21(9-7-14)18(22)23/h2-5,10,12,14H,6-9,11H2,1H3,(H,22,23). The smallest absolute Gasteiger partial charge is 0.407 e. The third-order valence-corrected chi connectivity index (χ3v) is 5.71. The van der Waals surface area contributed by atoms with E-state index in [1.165, 1.54) is 17.5 Å². The molecular weight excluding hydrogens is 370 g/mol. The molecular formula is C18H21N3O5S. The first-order chi connectivity index (χ1) is 12.8. The summed E-state index contributed by atoms with van der Waals surface area (Å²) >= 11 is 0. The summed E-state index contributed by atoms with van der Waals surface area (Å²) in [7, 11) is -3.22. The molecule has 1 fully saturated rings. The van der Waals surface area contributed by atoms with Crippen molar-refractivity contribution in [3.05, 3.63) is 47.9 Å². The number of sulfone groups is 1. The highest BCUT2D eigenvalue weighted by Gasteiger charge is 2.24. The van der Waals surface area contributed by atoms with Gasteiger partial charge in [-0.1, -0.05) is 12.1 Å². The van der Waals surface area contributed by atoms with Crippen molar-refractivity contribution in [3.8, 4) is 5.88 Å². The minimum Gasteiger partial charge on any atom is -0.473 e. The number of piperidine rings is 1. The molecule has 1 aliphatic heterocycles. The van der Waals surface area contributed by atoms with Crippen LogP contribution in [0.5, 0.6) is 5.88 Å². The molecule has 2 aromatic rings. The van der Waals surface area contributed by atoms with Crippen LogP contribution in [0.4, 0.5) is 4.79 Å². The maximum Gasteiger partial charge on any atom is 0.407 e. The molecule has 0 spiro atoms.